The molecule has 2 aliphatic rings. The summed E-state index contributed by atoms with van der Waals surface area (Å²) in [6.45, 7) is 12.5. The maximum absolute atomic E-state index is 12.3. The molecule has 0 fully saturated rings. The molecule has 0 spiro atoms. The summed E-state index contributed by atoms with van der Waals surface area (Å²) in [6.07, 6.45) is 11.6. The van der Waals surface area contributed by atoms with Gasteiger partial charge in [0.25, 0.3) is 0 Å². The van der Waals surface area contributed by atoms with Crippen LogP contribution in [0.3, 0.4) is 0 Å². The first kappa shape index (κ1) is 22.3. The van der Waals surface area contributed by atoms with Crippen LogP contribution in [-0.4, -0.2) is 16.7 Å². The van der Waals surface area contributed by atoms with Gasteiger partial charge in [-0.2, -0.15) is 0 Å². The number of carboxylic acid groups (broad SMARTS) is 1. The molecule has 0 amide bonds. The Balaban J connectivity index is 2.17. The van der Waals surface area contributed by atoms with Crippen molar-refractivity contribution in [1.82, 2.24) is 0 Å². The largest absolute Gasteiger partial charge is 0.479 e. The van der Waals surface area contributed by atoms with Gasteiger partial charge in [-0.15, -0.1) is 11.3 Å². The van der Waals surface area contributed by atoms with Gasteiger partial charge in [-0.1, -0.05) is 26.0 Å². The van der Waals surface area contributed by atoms with Crippen LogP contribution in [0.5, 0.6) is 0 Å². The van der Waals surface area contributed by atoms with E-state index in [1.807, 2.05) is 20.8 Å². The first-order valence-electron chi connectivity index (χ1n) is 10.9. The van der Waals surface area contributed by atoms with Crippen LogP contribution in [0.15, 0.2) is 12.2 Å². The number of hydrogen-bond donors (Lipinski definition) is 1. The summed E-state index contributed by atoms with van der Waals surface area (Å²) >= 11 is 1.76. The van der Waals surface area contributed by atoms with E-state index in [0.29, 0.717) is 5.41 Å². The SMILES string of the molecule is Cc1sc(C2=CCCCC2)c(C2=CCC(C)(C)CC2)c1C(OC(C)(C)C)C(=O)O. The van der Waals surface area contributed by atoms with Gasteiger partial charge in [-0.25, -0.2) is 4.79 Å². The lowest BCUT2D eigenvalue weighted by molar-refractivity contribution is -0.160. The molecule has 0 aromatic carbocycles. The van der Waals surface area contributed by atoms with Crippen LogP contribution in [0.1, 0.15) is 107 Å². The van der Waals surface area contributed by atoms with Crippen molar-refractivity contribution < 1.29 is 14.6 Å². The Labute approximate surface area is 179 Å². The highest BCUT2D eigenvalue weighted by Crippen LogP contribution is 2.48. The maximum atomic E-state index is 12.3. The third-order valence-corrected chi connectivity index (χ3v) is 7.16. The van der Waals surface area contributed by atoms with Gasteiger partial charge in [0.2, 0.25) is 0 Å². The summed E-state index contributed by atoms with van der Waals surface area (Å²) in [6, 6.07) is 0. The Bertz CT molecular complexity index is 833. The van der Waals surface area contributed by atoms with E-state index in [-0.39, 0.29) is 0 Å². The minimum Gasteiger partial charge on any atom is -0.479 e. The molecule has 0 aliphatic heterocycles. The number of thiophene rings is 1. The number of rotatable bonds is 5. The first-order valence-corrected chi connectivity index (χ1v) is 11.7. The van der Waals surface area contributed by atoms with E-state index in [2.05, 4.69) is 32.9 Å². The topological polar surface area (TPSA) is 46.5 Å². The fourth-order valence-corrected chi connectivity index (χ4v) is 5.64. The van der Waals surface area contributed by atoms with Gasteiger partial charge in [0.05, 0.1) is 5.60 Å². The molecular weight excluding hydrogens is 380 g/mol. The monoisotopic (exact) mass is 416 g/mol. The Morgan fingerprint density at radius 2 is 1.90 bits per heavy atom. The molecule has 0 bridgehead atoms. The fourth-order valence-electron chi connectivity index (χ4n) is 4.35. The molecule has 3 nitrogen and oxygen atoms in total. The van der Waals surface area contributed by atoms with Crippen LogP contribution in [0.2, 0.25) is 0 Å². The maximum Gasteiger partial charge on any atom is 0.337 e. The lowest BCUT2D eigenvalue weighted by atomic mass is 9.75. The number of aryl methyl sites for hydroxylation is 1. The number of aliphatic carboxylic acids is 1. The summed E-state index contributed by atoms with van der Waals surface area (Å²) in [5.74, 6) is -0.900. The molecule has 1 atom stereocenters. The molecule has 0 radical (unpaired) electrons. The molecule has 4 heteroatoms. The van der Waals surface area contributed by atoms with Gasteiger partial charge in [0, 0.05) is 20.9 Å². The zero-order valence-electron chi connectivity index (χ0n) is 18.9. The minimum absolute atomic E-state index is 0.313. The van der Waals surface area contributed by atoms with Gasteiger partial charge in [-0.3, -0.25) is 0 Å². The average Bonchev–Trinajstić information content (AvgIpc) is 2.96. The Hall–Kier alpha value is -1.39. The molecule has 1 unspecified atom stereocenters. The molecule has 160 valence electrons. The van der Waals surface area contributed by atoms with E-state index >= 15 is 0 Å². The van der Waals surface area contributed by atoms with E-state index in [1.54, 1.807) is 11.3 Å². The zero-order chi connectivity index (χ0) is 21.4. The molecule has 3 rings (SSSR count). The molecule has 1 aromatic heterocycles. The fraction of sp³-hybridized carbons (Fsp3) is 0.640. The lowest BCUT2D eigenvalue weighted by Crippen LogP contribution is -2.28. The smallest absolute Gasteiger partial charge is 0.337 e. The molecule has 0 saturated carbocycles. The van der Waals surface area contributed by atoms with Crippen molar-refractivity contribution in [2.45, 2.75) is 98.2 Å². The van der Waals surface area contributed by atoms with Crippen molar-refractivity contribution in [1.29, 1.82) is 0 Å². The number of carboxylic acids is 1. The molecule has 0 saturated heterocycles. The second-order valence-electron chi connectivity index (χ2n) is 10.3. The third kappa shape index (κ3) is 5.21. The lowest BCUT2D eigenvalue weighted by Gasteiger charge is -2.31. The van der Waals surface area contributed by atoms with E-state index in [9.17, 15) is 9.90 Å². The van der Waals surface area contributed by atoms with Gasteiger partial charge in [0.15, 0.2) is 6.10 Å². The van der Waals surface area contributed by atoms with Crippen LogP contribution >= 0.6 is 11.3 Å². The van der Waals surface area contributed by atoms with Crippen molar-refractivity contribution in [3.8, 4) is 0 Å². The molecule has 1 heterocycles. The second kappa shape index (κ2) is 8.39. The molecule has 1 aromatic rings. The molecule has 1 N–H and O–H groups in total. The van der Waals surface area contributed by atoms with Crippen LogP contribution in [0, 0.1) is 12.3 Å². The van der Waals surface area contributed by atoms with E-state index < -0.39 is 17.7 Å². The van der Waals surface area contributed by atoms with Gasteiger partial charge < -0.3 is 9.84 Å². The normalized spacial score (nSPS) is 20.8. The Morgan fingerprint density at radius 1 is 1.17 bits per heavy atom. The summed E-state index contributed by atoms with van der Waals surface area (Å²) in [5, 5.41) is 10.1. The van der Waals surface area contributed by atoms with Crippen LogP contribution < -0.4 is 0 Å². The van der Waals surface area contributed by atoms with Crippen molar-refractivity contribution in [3.05, 3.63) is 33.0 Å². The van der Waals surface area contributed by atoms with Crippen LogP contribution in [0.4, 0.5) is 0 Å². The van der Waals surface area contributed by atoms with Crippen molar-refractivity contribution in [2.75, 3.05) is 0 Å². The molecule has 29 heavy (non-hydrogen) atoms. The van der Waals surface area contributed by atoms with Crippen molar-refractivity contribution in [2.24, 2.45) is 5.41 Å². The average molecular weight is 417 g/mol. The van der Waals surface area contributed by atoms with Crippen LogP contribution in [0.25, 0.3) is 11.1 Å². The summed E-state index contributed by atoms with van der Waals surface area (Å²) < 4.78 is 6.10. The van der Waals surface area contributed by atoms with Crippen LogP contribution in [-0.2, 0) is 9.53 Å². The third-order valence-electron chi connectivity index (χ3n) is 5.96. The number of allylic oxidation sites excluding steroid dienone is 4. The van der Waals surface area contributed by atoms with Gasteiger partial charge in [0.1, 0.15) is 0 Å². The highest BCUT2D eigenvalue weighted by molar-refractivity contribution is 7.13. The van der Waals surface area contributed by atoms with Crippen molar-refractivity contribution >= 4 is 28.5 Å². The standard InChI is InChI=1S/C25H36O3S/c1-16-19(21(23(26)27)28-24(2,3)4)20(17-12-14-25(5,6)15-13-17)22(29-16)18-10-8-7-9-11-18/h10,12,21H,7-9,11,13-15H2,1-6H3,(H,26,27). The summed E-state index contributed by atoms with van der Waals surface area (Å²) in [4.78, 5) is 14.7. The quantitative estimate of drug-likeness (QED) is 0.539. The minimum atomic E-state index is -0.935. The van der Waals surface area contributed by atoms with E-state index in [1.165, 1.54) is 28.9 Å². The number of hydrogen-bond acceptors (Lipinski definition) is 3. The van der Waals surface area contributed by atoms with Gasteiger partial charge >= 0.3 is 5.97 Å². The summed E-state index contributed by atoms with van der Waals surface area (Å²) in [5.41, 5.74) is 4.54. The van der Waals surface area contributed by atoms with E-state index in [4.69, 9.17) is 4.74 Å². The van der Waals surface area contributed by atoms with E-state index in [0.717, 1.165) is 48.1 Å². The number of ether oxygens (including phenoxy) is 1. The number of carbonyl (C=O) groups is 1. The Morgan fingerprint density at radius 3 is 2.41 bits per heavy atom. The summed E-state index contributed by atoms with van der Waals surface area (Å²) in [7, 11) is 0. The van der Waals surface area contributed by atoms with Crippen molar-refractivity contribution in [3.63, 3.8) is 0 Å². The highest BCUT2D eigenvalue weighted by atomic mass is 32.1. The zero-order valence-corrected chi connectivity index (χ0v) is 19.7. The predicted octanol–water partition coefficient (Wildman–Crippen LogP) is 7.55. The Kier molecular flexibility index (Phi) is 6.45. The molecule has 2 aliphatic carbocycles. The van der Waals surface area contributed by atoms with Gasteiger partial charge in [-0.05, 0) is 89.2 Å². The first-order chi connectivity index (χ1) is 13.5. The second-order valence-corrected chi connectivity index (χ2v) is 11.5. The predicted molar refractivity (Wildman–Crippen MR) is 122 cm³/mol. The molecular formula is C25H36O3S. The highest BCUT2D eigenvalue weighted by Gasteiger charge is 2.35.